The topological polar surface area (TPSA) is 35.4 Å². The lowest BCUT2D eigenvalue weighted by molar-refractivity contribution is 0.0617. The summed E-state index contributed by atoms with van der Waals surface area (Å²) in [6.45, 7) is 2.70. The van der Waals surface area contributed by atoms with Gasteiger partial charge in [0.15, 0.2) is 0 Å². The number of nitrogens with one attached hydrogen (secondary N) is 1. The monoisotopic (exact) mass is 274 g/mol. The molecule has 1 heterocycles. The zero-order valence-electron chi connectivity index (χ0n) is 12.1. The minimum atomic E-state index is 0.615. The van der Waals surface area contributed by atoms with Crippen LogP contribution in [0.5, 0.6) is 0 Å². The molecule has 0 saturated heterocycles. The van der Waals surface area contributed by atoms with Crippen LogP contribution in [0.2, 0.25) is 0 Å². The van der Waals surface area contributed by atoms with Gasteiger partial charge >= 0.3 is 0 Å². The Morgan fingerprint density at radius 1 is 1.15 bits per heavy atom. The van der Waals surface area contributed by atoms with E-state index >= 15 is 0 Å². The lowest BCUT2D eigenvalue weighted by Crippen LogP contribution is -2.03. The van der Waals surface area contributed by atoms with Gasteiger partial charge in [-0.2, -0.15) is 0 Å². The van der Waals surface area contributed by atoms with E-state index in [1.165, 1.54) is 11.1 Å². The number of anilines is 1. The third kappa shape index (κ3) is 4.72. The number of nitrogens with zero attached hydrogens (tertiary/aromatic N) is 1. The Morgan fingerprint density at radius 2 is 2.05 bits per heavy atom. The maximum absolute atomic E-state index is 5.53. The minimum Gasteiger partial charge on any atom is -0.382 e. The Morgan fingerprint density at radius 3 is 2.80 bits per heavy atom. The van der Waals surface area contributed by atoms with Gasteiger partial charge in [-0.3, -0.25) is 0 Å². The molecule has 0 amide bonds. The van der Waals surface area contributed by atoms with Gasteiger partial charge in [-0.15, -0.1) is 0 Å². The first kappa shape index (κ1) is 14.6. The molecular formula is C16H22N2O2. The van der Waals surface area contributed by atoms with Crippen molar-refractivity contribution in [2.75, 3.05) is 25.6 Å². The number of aryl methyl sites for hydroxylation is 1. The highest BCUT2D eigenvalue weighted by molar-refractivity contribution is 5.46. The smallest absolute Gasteiger partial charge is 0.0718 e. The number of aromatic nitrogens is 1. The summed E-state index contributed by atoms with van der Waals surface area (Å²) in [7, 11) is 3.71. The van der Waals surface area contributed by atoms with Crippen LogP contribution in [0.15, 0.2) is 42.7 Å². The molecule has 0 radical (unpaired) electrons. The lowest BCUT2D eigenvalue weighted by atomic mass is 10.2. The van der Waals surface area contributed by atoms with Crippen molar-refractivity contribution in [2.24, 2.45) is 7.05 Å². The van der Waals surface area contributed by atoms with E-state index < -0.39 is 0 Å². The number of ether oxygens (including phenoxy) is 2. The molecule has 0 atom stereocenters. The van der Waals surface area contributed by atoms with E-state index in [4.69, 9.17) is 9.47 Å². The van der Waals surface area contributed by atoms with Crippen molar-refractivity contribution < 1.29 is 9.47 Å². The lowest BCUT2D eigenvalue weighted by Gasteiger charge is -2.08. The standard InChI is InChI=1S/C16H22N2O2/c1-18-7-6-15(12-18)11-17-16-5-3-4-14(10-16)13-20-9-8-19-2/h3-7,10,12,17H,8-9,11,13H2,1-2H3. The predicted molar refractivity (Wildman–Crippen MR) is 80.7 cm³/mol. The summed E-state index contributed by atoms with van der Waals surface area (Å²) in [4.78, 5) is 0. The number of hydrogen-bond donors (Lipinski definition) is 1. The number of benzene rings is 1. The zero-order chi connectivity index (χ0) is 14.2. The summed E-state index contributed by atoms with van der Waals surface area (Å²) in [5.74, 6) is 0. The van der Waals surface area contributed by atoms with Gasteiger partial charge in [-0.05, 0) is 29.3 Å². The van der Waals surface area contributed by atoms with Crippen LogP contribution < -0.4 is 5.32 Å². The molecule has 108 valence electrons. The molecule has 1 aromatic heterocycles. The SMILES string of the molecule is COCCOCc1cccc(NCc2ccn(C)c2)c1. The van der Waals surface area contributed by atoms with Crippen LogP contribution in [0, 0.1) is 0 Å². The molecule has 1 N–H and O–H groups in total. The summed E-state index contributed by atoms with van der Waals surface area (Å²) >= 11 is 0. The molecule has 4 nitrogen and oxygen atoms in total. The summed E-state index contributed by atoms with van der Waals surface area (Å²) in [6.07, 6.45) is 4.17. The highest BCUT2D eigenvalue weighted by Crippen LogP contribution is 2.13. The van der Waals surface area contributed by atoms with Gasteiger partial charge in [0.25, 0.3) is 0 Å². The van der Waals surface area contributed by atoms with Crippen LogP contribution in [0.25, 0.3) is 0 Å². The average molecular weight is 274 g/mol. The van der Waals surface area contributed by atoms with E-state index in [9.17, 15) is 0 Å². The van der Waals surface area contributed by atoms with Crippen LogP contribution >= 0.6 is 0 Å². The third-order valence-electron chi connectivity index (χ3n) is 3.02. The second kappa shape index (κ2) is 7.72. The molecule has 0 fully saturated rings. The summed E-state index contributed by atoms with van der Waals surface area (Å²) in [5.41, 5.74) is 3.55. The molecule has 0 aliphatic heterocycles. The first-order valence-electron chi connectivity index (χ1n) is 6.78. The van der Waals surface area contributed by atoms with E-state index in [0.29, 0.717) is 19.8 Å². The van der Waals surface area contributed by atoms with Gasteiger partial charge in [0, 0.05) is 38.8 Å². The fraction of sp³-hybridized carbons (Fsp3) is 0.375. The molecule has 4 heteroatoms. The Bertz CT molecular complexity index is 523. The Kier molecular flexibility index (Phi) is 5.65. The Balaban J connectivity index is 1.82. The maximum atomic E-state index is 5.53. The third-order valence-corrected chi connectivity index (χ3v) is 3.02. The van der Waals surface area contributed by atoms with E-state index in [0.717, 1.165) is 12.2 Å². The Labute approximate surface area is 120 Å². The van der Waals surface area contributed by atoms with Crippen molar-refractivity contribution >= 4 is 5.69 Å². The molecular weight excluding hydrogens is 252 g/mol. The number of methoxy groups -OCH3 is 1. The van der Waals surface area contributed by atoms with E-state index in [2.05, 4.69) is 46.5 Å². The van der Waals surface area contributed by atoms with Crippen molar-refractivity contribution in [2.45, 2.75) is 13.2 Å². The van der Waals surface area contributed by atoms with Crippen molar-refractivity contribution in [3.63, 3.8) is 0 Å². The largest absolute Gasteiger partial charge is 0.382 e. The molecule has 20 heavy (non-hydrogen) atoms. The minimum absolute atomic E-state index is 0.615. The molecule has 0 bridgehead atoms. The van der Waals surface area contributed by atoms with Crippen molar-refractivity contribution in [3.8, 4) is 0 Å². The van der Waals surface area contributed by atoms with E-state index in [-0.39, 0.29) is 0 Å². The van der Waals surface area contributed by atoms with Gasteiger partial charge < -0.3 is 19.4 Å². The van der Waals surface area contributed by atoms with Crippen molar-refractivity contribution in [1.29, 1.82) is 0 Å². The highest BCUT2D eigenvalue weighted by atomic mass is 16.5. The molecule has 0 aliphatic rings. The van der Waals surface area contributed by atoms with Crippen LogP contribution in [0.1, 0.15) is 11.1 Å². The summed E-state index contributed by atoms with van der Waals surface area (Å²) in [6, 6.07) is 10.4. The van der Waals surface area contributed by atoms with Crippen LogP contribution in [-0.2, 0) is 29.7 Å². The van der Waals surface area contributed by atoms with Crippen molar-refractivity contribution in [3.05, 3.63) is 53.9 Å². The zero-order valence-corrected chi connectivity index (χ0v) is 12.1. The first-order chi connectivity index (χ1) is 9.78. The quantitative estimate of drug-likeness (QED) is 0.752. The van der Waals surface area contributed by atoms with Crippen LogP contribution in [-0.4, -0.2) is 24.9 Å². The molecule has 0 spiro atoms. The van der Waals surface area contributed by atoms with Crippen LogP contribution in [0.4, 0.5) is 5.69 Å². The molecule has 0 unspecified atom stereocenters. The van der Waals surface area contributed by atoms with E-state index in [1.807, 2.05) is 13.1 Å². The number of hydrogen-bond acceptors (Lipinski definition) is 3. The van der Waals surface area contributed by atoms with Gasteiger partial charge in [-0.1, -0.05) is 12.1 Å². The second-order valence-electron chi connectivity index (χ2n) is 4.78. The fourth-order valence-corrected chi connectivity index (χ4v) is 1.97. The second-order valence-corrected chi connectivity index (χ2v) is 4.78. The summed E-state index contributed by atoms with van der Waals surface area (Å²) in [5, 5.41) is 3.42. The predicted octanol–water partition coefficient (Wildman–Crippen LogP) is 2.80. The van der Waals surface area contributed by atoms with Gasteiger partial charge in [0.05, 0.1) is 19.8 Å². The van der Waals surface area contributed by atoms with E-state index in [1.54, 1.807) is 7.11 Å². The first-order valence-corrected chi connectivity index (χ1v) is 6.78. The molecule has 2 rings (SSSR count). The highest BCUT2D eigenvalue weighted by Gasteiger charge is 1.98. The normalized spacial score (nSPS) is 10.7. The van der Waals surface area contributed by atoms with Crippen LogP contribution in [0.3, 0.4) is 0 Å². The van der Waals surface area contributed by atoms with Gasteiger partial charge in [0.1, 0.15) is 0 Å². The molecule has 1 aromatic carbocycles. The number of rotatable bonds is 8. The van der Waals surface area contributed by atoms with Crippen molar-refractivity contribution in [1.82, 2.24) is 4.57 Å². The van der Waals surface area contributed by atoms with Gasteiger partial charge in [0.2, 0.25) is 0 Å². The Hall–Kier alpha value is -1.78. The average Bonchev–Trinajstić information content (AvgIpc) is 2.88. The van der Waals surface area contributed by atoms with Gasteiger partial charge in [-0.25, -0.2) is 0 Å². The molecule has 0 aliphatic carbocycles. The summed E-state index contributed by atoms with van der Waals surface area (Å²) < 4.78 is 12.5. The maximum Gasteiger partial charge on any atom is 0.0718 e. The molecule has 2 aromatic rings. The fourth-order valence-electron chi connectivity index (χ4n) is 1.97. The molecule has 0 saturated carbocycles.